The van der Waals surface area contributed by atoms with Crippen LogP contribution in [-0.2, 0) is 28.5 Å². The van der Waals surface area contributed by atoms with Crippen LogP contribution >= 0.6 is 0 Å². The Kier molecular flexibility index (Phi) is 5.14. The van der Waals surface area contributed by atoms with Crippen molar-refractivity contribution < 1.29 is 28.5 Å². The van der Waals surface area contributed by atoms with Crippen molar-refractivity contribution in [1.82, 2.24) is 0 Å². The summed E-state index contributed by atoms with van der Waals surface area (Å²) in [5.41, 5.74) is 2.63. The van der Waals surface area contributed by atoms with E-state index in [-0.39, 0.29) is 0 Å². The molecule has 0 N–H and O–H groups in total. The lowest BCUT2D eigenvalue weighted by Crippen LogP contribution is -2.41. The fraction of sp³-hybridized carbons (Fsp3) is 0.524. The molecule has 0 saturated carbocycles. The number of rotatable bonds is 3. The van der Waals surface area contributed by atoms with Gasteiger partial charge in [-0.25, -0.2) is 9.59 Å². The van der Waals surface area contributed by atoms with Crippen LogP contribution in [0.2, 0.25) is 0 Å². The van der Waals surface area contributed by atoms with Gasteiger partial charge in [-0.1, -0.05) is 18.2 Å². The summed E-state index contributed by atoms with van der Waals surface area (Å²) in [6, 6.07) is 0. The molecule has 6 heteroatoms. The third kappa shape index (κ3) is 3.39. The van der Waals surface area contributed by atoms with Crippen molar-refractivity contribution in [3.8, 4) is 0 Å². The number of hydrogen-bond acceptors (Lipinski definition) is 6. The van der Waals surface area contributed by atoms with Crippen LogP contribution in [0.1, 0.15) is 34.1 Å². The fourth-order valence-corrected chi connectivity index (χ4v) is 3.90. The highest BCUT2D eigenvalue weighted by molar-refractivity contribution is 5.91. The summed E-state index contributed by atoms with van der Waals surface area (Å²) in [6.45, 7) is 11.2. The SMILES string of the molecule is C=C1C(=O)O[C@H]2[C@H]1[C@@H](OC(=O)/C(C)=C/C)C/C(C)=C/[C@@]1(OC)C=C(C)[C@@H]2O1. The molecule has 3 aliphatic heterocycles. The first kappa shape index (κ1) is 19.6. The minimum absolute atomic E-state index is 0.303. The average molecular weight is 374 g/mol. The lowest BCUT2D eigenvalue weighted by atomic mass is 9.83. The third-order valence-corrected chi connectivity index (χ3v) is 5.45. The zero-order valence-electron chi connectivity index (χ0n) is 16.4. The number of carbonyl (C=O) groups excluding carboxylic acids is 2. The molecule has 0 aliphatic carbocycles. The largest absolute Gasteiger partial charge is 0.458 e. The number of ether oxygens (including phenoxy) is 4. The molecule has 146 valence electrons. The van der Waals surface area contributed by atoms with E-state index in [0.29, 0.717) is 17.6 Å². The quantitative estimate of drug-likeness (QED) is 0.430. The number of allylic oxidation sites excluding steroid dienone is 1. The summed E-state index contributed by atoms with van der Waals surface area (Å²) < 4.78 is 23.2. The molecule has 27 heavy (non-hydrogen) atoms. The zero-order chi connectivity index (χ0) is 19.9. The maximum absolute atomic E-state index is 12.4. The van der Waals surface area contributed by atoms with Crippen LogP contribution in [0.4, 0.5) is 0 Å². The van der Waals surface area contributed by atoms with Gasteiger partial charge < -0.3 is 18.9 Å². The summed E-state index contributed by atoms with van der Waals surface area (Å²) in [6.07, 6.45) is 4.19. The number of hydrogen-bond donors (Lipinski definition) is 0. The molecule has 0 spiro atoms. The van der Waals surface area contributed by atoms with Gasteiger partial charge in [-0.3, -0.25) is 0 Å². The highest BCUT2D eigenvalue weighted by Crippen LogP contribution is 2.44. The van der Waals surface area contributed by atoms with Crippen molar-refractivity contribution >= 4 is 11.9 Å². The summed E-state index contributed by atoms with van der Waals surface area (Å²) >= 11 is 0. The number of carbonyl (C=O) groups is 2. The molecule has 5 atom stereocenters. The van der Waals surface area contributed by atoms with Gasteiger partial charge >= 0.3 is 11.9 Å². The van der Waals surface area contributed by atoms with E-state index >= 15 is 0 Å². The smallest absolute Gasteiger partial charge is 0.334 e. The maximum Gasteiger partial charge on any atom is 0.334 e. The molecule has 3 heterocycles. The third-order valence-electron chi connectivity index (χ3n) is 5.45. The maximum atomic E-state index is 12.4. The van der Waals surface area contributed by atoms with Crippen LogP contribution in [0.3, 0.4) is 0 Å². The summed E-state index contributed by atoms with van der Waals surface area (Å²) in [4.78, 5) is 24.7. The summed E-state index contributed by atoms with van der Waals surface area (Å²) in [5.74, 6) is -2.41. The van der Waals surface area contributed by atoms with Crippen LogP contribution in [0.15, 0.2) is 47.1 Å². The lowest BCUT2D eigenvalue weighted by Gasteiger charge is -2.30. The van der Waals surface area contributed by atoms with E-state index in [1.165, 1.54) is 0 Å². The standard InChI is InChI=1S/C21H26O6/c1-7-12(3)19(22)25-15-8-11(2)9-21(24-6)10-13(4)17(27-21)18-16(15)14(5)20(23)26-18/h7,9-10,15-18H,5,8H2,1-4,6H3/b11-9+,12-7+/t15-,16+,17-,18-,21-/m0/s1. The molecular formula is C21H26O6. The normalized spacial score (nSPS) is 38.0. The molecule has 2 bridgehead atoms. The Morgan fingerprint density at radius 1 is 1.37 bits per heavy atom. The van der Waals surface area contributed by atoms with Crippen molar-refractivity contribution in [2.24, 2.45) is 5.92 Å². The molecule has 1 fully saturated rings. The van der Waals surface area contributed by atoms with Crippen LogP contribution in [-0.4, -0.2) is 43.1 Å². The van der Waals surface area contributed by atoms with Gasteiger partial charge in [-0.15, -0.1) is 0 Å². The van der Waals surface area contributed by atoms with E-state index in [0.717, 1.165) is 11.1 Å². The minimum Gasteiger partial charge on any atom is -0.458 e. The van der Waals surface area contributed by atoms with Gasteiger partial charge in [0.1, 0.15) is 18.3 Å². The molecule has 1 saturated heterocycles. The predicted molar refractivity (Wildman–Crippen MR) is 98.6 cm³/mol. The van der Waals surface area contributed by atoms with Crippen molar-refractivity contribution in [3.05, 3.63) is 47.1 Å². The second-order valence-electron chi connectivity index (χ2n) is 7.38. The predicted octanol–water partition coefficient (Wildman–Crippen LogP) is 3.00. The molecule has 0 unspecified atom stereocenters. The molecule has 0 aromatic carbocycles. The number of esters is 2. The van der Waals surface area contributed by atoms with Gasteiger partial charge in [-0.05, 0) is 45.4 Å². The Bertz CT molecular complexity index is 774. The van der Waals surface area contributed by atoms with E-state index in [2.05, 4.69) is 6.58 Å². The molecular weight excluding hydrogens is 348 g/mol. The molecule has 0 aromatic heterocycles. The van der Waals surface area contributed by atoms with Gasteiger partial charge in [0, 0.05) is 24.7 Å². The highest BCUT2D eigenvalue weighted by Gasteiger charge is 2.54. The second kappa shape index (κ2) is 7.09. The van der Waals surface area contributed by atoms with E-state index in [4.69, 9.17) is 18.9 Å². The Morgan fingerprint density at radius 3 is 2.70 bits per heavy atom. The van der Waals surface area contributed by atoms with E-state index in [9.17, 15) is 9.59 Å². The molecule has 0 amide bonds. The van der Waals surface area contributed by atoms with E-state index < -0.39 is 42.0 Å². The van der Waals surface area contributed by atoms with Crippen LogP contribution in [0, 0.1) is 5.92 Å². The Morgan fingerprint density at radius 2 is 2.07 bits per heavy atom. The first-order chi connectivity index (χ1) is 12.7. The van der Waals surface area contributed by atoms with Crippen LogP contribution in [0.25, 0.3) is 0 Å². The van der Waals surface area contributed by atoms with Gasteiger partial charge in [0.05, 0.1) is 5.92 Å². The summed E-state index contributed by atoms with van der Waals surface area (Å²) in [5, 5.41) is 0. The highest BCUT2D eigenvalue weighted by atomic mass is 16.7. The van der Waals surface area contributed by atoms with Gasteiger partial charge in [0.2, 0.25) is 5.79 Å². The molecule has 3 rings (SSSR count). The van der Waals surface area contributed by atoms with E-state index in [1.807, 2.05) is 26.0 Å². The van der Waals surface area contributed by atoms with Crippen LogP contribution < -0.4 is 0 Å². The Balaban J connectivity index is 2.05. The topological polar surface area (TPSA) is 71.1 Å². The van der Waals surface area contributed by atoms with Crippen LogP contribution in [0.5, 0.6) is 0 Å². The Labute approximate surface area is 159 Å². The zero-order valence-corrected chi connectivity index (χ0v) is 16.4. The molecule has 6 nitrogen and oxygen atoms in total. The lowest BCUT2D eigenvalue weighted by molar-refractivity contribution is -0.189. The van der Waals surface area contributed by atoms with Gasteiger partial charge in [0.15, 0.2) is 0 Å². The van der Waals surface area contributed by atoms with Crippen molar-refractivity contribution in [3.63, 3.8) is 0 Å². The van der Waals surface area contributed by atoms with Gasteiger partial charge in [-0.2, -0.15) is 0 Å². The first-order valence-corrected chi connectivity index (χ1v) is 9.05. The van der Waals surface area contributed by atoms with Crippen molar-refractivity contribution in [2.75, 3.05) is 7.11 Å². The van der Waals surface area contributed by atoms with E-state index in [1.54, 1.807) is 27.0 Å². The van der Waals surface area contributed by atoms with Gasteiger partial charge in [0.25, 0.3) is 0 Å². The first-order valence-electron chi connectivity index (χ1n) is 9.05. The number of methoxy groups -OCH3 is 1. The average Bonchev–Trinajstić information content (AvgIpc) is 3.11. The fourth-order valence-electron chi connectivity index (χ4n) is 3.90. The molecule has 3 aliphatic rings. The second-order valence-corrected chi connectivity index (χ2v) is 7.38. The minimum atomic E-state index is -1.02. The van der Waals surface area contributed by atoms with Crippen molar-refractivity contribution in [2.45, 2.75) is 58.2 Å². The molecule has 0 aromatic rings. The molecule has 0 radical (unpaired) electrons. The Hall–Kier alpha value is -2.18. The monoisotopic (exact) mass is 374 g/mol. The van der Waals surface area contributed by atoms with Crippen molar-refractivity contribution in [1.29, 1.82) is 0 Å². The summed E-state index contributed by atoms with van der Waals surface area (Å²) in [7, 11) is 1.57. The number of fused-ring (bicyclic) bond motifs is 4.